The molecule has 1 saturated heterocycles. The number of nitrogens with two attached hydrogens (primary N) is 1. The van der Waals surface area contributed by atoms with Gasteiger partial charge in [0.2, 0.25) is 0 Å². The number of non-ortho nitro benzene ring substituents is 1. The van der Waals surface area contributed by atoms with Crippen LogP contribution in [0.5, 0.6) is 0 Å². The predicted octanol–water partition coefficient (Wildman–Crippen LogP) is 0.449. The standard InChI is InChI=1S/C13H17FN4O3/c1-16-2-3-17(12(7-15)8-16)13(19)9-4-10(14)6-11(5-9)18(20)21/h4-6,12H,2-3,7-8,15H2,1H3. The van der Waals surface area contributed by atoms with Crippen LogP contribution in [0.2, 0.25) is 0 Å². The number of benzene rings is 1. The lowest BCUT2D eigenvalue weighted by atomic mass is 10.1. The van der Waals surface area contributed by atoms with Crippen molar-refractivity contribution in [3.05, 3.63) is 39.7 Å². The van der Waals surface area contributed by atoms with E-state index >= 15 is 0 Å². The van der Waals surface area contributed by atoms with Gasteiger partial charge in [0.15, 0.2) is 0 Å². The molecule has 0 spiro atoms. The molecule has 1 aromatic carbocycles. The van der Waals surface area contributed by atoms with Crippen LogP contribution in [-0.2, 0) is 0 Å². The van der Waals surface area contributed by atoms with Gasteiger partial charge in [-0.1, -0.05) is 0 Å². The lowest BCUT2D eigenvalue weighted by Crippen LogP contribution is -2.56. The minimum atomic E-state index is -0.800. The molecule has 1 heterocycles. The van der Waals surface area contributed by atoms with E-state index in [1.807, 2.05) is 7.05 Å². The zero-order chi connectivity index (χ0) is 15.6. The molecular weight excluding hydrogens is 279 g/mol. The molecular formula is C13H17FN4O3. The number of nitro groups is 1. The van der Waals surface area contributed by atoms with Gasteiger partial charge in [-0.2, -0.15) is 0 Å². The quantitative estimate of drug-likeness (QED) is 0.645. The predicted molar refractivity (Wildman–Crippen MR) is 74.4 cm³/mol. The fourth-order valence-corrected chi connectivity index (χ4v) is 2.45. The summed E-state index contributed by atoms with van der Waals surface area (Å²) in [4.78, 5) is 26.1. The van der Waals surface area contributed by atoms with Crippen molar-refractivity contribution < 1.29 is 14.1 Å². The highest BCUT2D eigenvalue weighted by atomic mass is 19.1. The number of carbonyl (C=O) groups is 1. The molecule has 1 aliphatic heterocycles. The van der Waals surface area contributed by atoms with Gasteiger partial charge in [0.1, 0.15) is 5.82 Å². The minimum Gasteiger partial charge on any atom is -0.332 e. The van der Waals surface area contributed by atoms with E-state index in [1.165, 1.54) is 0 Å². The minimum absolute atomic E-state index is 0.0234. The van der Waals surface area contributed by atoms with Crippen molar-refractivity contribution in [2.45, 2.75) is 6.04 Å². The van der Waals surface area contributed by atoms with Crippen LogP contribution >= 0.6 is 0 Å². The highest BCUT2D eigenvalue weighted by Crippen LogP contribution is 2.19. The summed E-state index contributed by atoms with van der Waals surface area (Å²) in [7, 11) is 1.93. The molecule has 1 amide bonds. The number of carbonyl (C=O) groups excluding carboxylic acids is 1. The van der Waals surface area contributed by atoms with Gasteiger partial charge in [-0.25, -0.2) is 4.39 Å². The highest BCUT2D eigenvalue weighted by Gasteiger charge is 2.29. The van der Waals surface area contributed by atoms with Crippen molar-refractivity contribution in [1.29, 1.82) is 0 Å². The van der Waals surface area contributed by atoms with E-state index < -0.39 is 22.3 Å². The fourth-order valence-electron chi connectivity index (χ4n) is 2.45. The van der Waals surface area contributed by atoms with Gasteiger partial charge >= 0.3 is 0 Å². The number of likely N-dealkylation sites (N-methyl/N-ethyl adjacent to an activating group) is 1. The Bertz CT molecular complexity index is 566. The second-order valence-electron chi connectivity index (χ2n) is 5.11. The van der Waals surface area contributed by atoms with E-state index in [4.69, 9.17) is 5.73 Å². The van der Waals surface area contributed by atoms with Gasteiger partial charge in [-0.3, -0.25) is 14.9 Å². The van der Waals surface area contributed by atoms with Crippen LogP contribution in [0.3, 0.4) is 0 Å². The highest BCUT2D eigenvalue weighted by molar-refractivity contribution is 5.95. The van der Waals surface area contributed by atoms with Gasteiger partial charge in [-0.15, -0.1) is 0 Å². The third-order valence-corrected chi connectivity index (χ3v) is 3.56. The number of nitrogens with zero attached hydrogens (tertiary/aromatic N) is 3. The number of amides is 1. The van der Waals surface area contributed by atoms with Crippen molar-refractivity contribution in [3.63, 3.8) is 0 Å². The van der Waals surface area contributed by atoms with Crippen LogP contribution in [0.4, 0.5) is 10.1 Å². The van der Waals surface area contributed by atoms with Crippen LogP contribution in [-0.4, -0.2) is 59.9 Å². The number of hydrogen-bond donors (Lipinski definition) is 1. The summed E-state index contributed by atoms with van der Waals surface area (Å²) < 4.78 is 13.4. The summed E-state index contributed by atoms with van der Waals surface area (Å²) in [6.07, 6.45) is 0. The zero-order valence-corrected chi connectivity index (χ0v) is 11.7. The summed E-state index contributed by atoms with van der Waals surface area (Å²) in [6.45, 7) is 2.05. The van der Waals surface area contributed by atoms with Gasteiger partial charge in [0.05, 0.1) is 17.0 Å². The third kappa shape index (κ3) is 3.34. The Labute approximate surface area is 121 Å². The summed E-state index contributed by atoms with van der Waals surface area (Å²) >= 11 is 0. The normalized spacial score (nSPS) is 19.6. The number of rotatable bonds is 3. The van der Waals surface area contributed by atoms with E-state index in [0.29, 0.717) is 19.6 Å². The fraction of sp³-hybridized carbons (Fsp3) is 0.462. The first kappa shape index (κ1) is 15.3. The summed E-state index contributed by atoms with van der Waals surface area (Å²) in [5, 5.41) is 10.8. The Hall–Kier alpha value is -2.06. The lowest BCUT2D eigenvalue weighted by Gasteiger charge is -2.39. The van der Waals surface area contributed by atoms with Crippen molar-refractivity contribution in [3.8, 4) is 0 Å². The Balaban J connectivity index is 2.28. The van der Waals surface area contributed by atoms with Crippen molar-refractivity contribution in [1.82, 2.24) is 9.80 Å². The Morgan fingerprint density at radius 2 is 2.19 bits per heavy atom. The maximum atomic E-state index is 13.4. The molecule has 114 valence electrons. The molecule has 0 radical (unpaired) electrons. The van der Waals surface area contributed by atoms with Gasteiger partial charge in [0.25, 0.3) is 11.6 Å². The third-order valence-electron chi connectivity index (χ3n) is 3.56. The van der Waals surface area contributed by atoms with Gasteiger partial charge in [0, 0.05) is 37.8 Å². The van der Waals surface area contributed by atoms with Gasteiger partial charge < -0.3 is 15.5 Å². The Kier molecular flexibility index (Phi) is 4.49. The molecule has 2 N–H and O–H groups in total. The van der Waals surface area contributed by atoms with Gasteiger partial charge in [-0.05, 0) is 13.1 Å². The van der Waals surface area contributed by atoms with Crippen LogP contribution in [0.15, 0.2) is 18.2 Å². The van der Waals surface area contributed by atoms with E-state index in [-0.39, 0.29) is 18.2 Å². The average Bonchev–Trinajstić information content (AvgIpc) is 2.45. The molecule has 0 aromatic heterocycles. The first-order chi connectivity index (χ1) is 9.92. The zero-order valence-electron chi connectivity index (χ0n) is 11.7. The van der Waals surface area contributed by atoms with E-state index in [0.717, 1.165) is 18.2 Å². The molecule has 1 fully saturated rings. The summed E-state index contributed by atoms with van der Waals surface area (Å²) in [5.41, 5.74) is 5.22. The summed E-state index contributed by atoms with van der Waals surface area (Å²) in [5.74, 6) is -1.23. The summed E-state index contributed by atoms with van der Waals surface area (Å²) in [6, 6.07) is 2.72. The number of hydrogen-bond acceptors (Lipinski definition) is 5. The number of nitro benzene ring substituents is 1. The van der Waals surface area contributed by atoms with Crippen molar-refractivity contribution in [2.75, 3.05) is 33.2 Å². The SMILES string of the molecule is CN1CCN(C(=O)c2cc(F)cc([N+](=O)[O-])c2)C(CN)C1. The van der Waals surface area contributed by atoms with Crippen LogP contribution in [0.25, 0.3) is 0 Å². The monoisotopic (exact) mass is 296 g/mol. The maximum absolute atomic E-state index is 13.4. The van der Waals surface area contributed by atoms with Crippen molar-refractivity contribution in [2.24, 2.45) is 5.73 Å². The molecule has 0 saturated carbocycles. The molecule has 2 rings (SSSR count). The first-order valence-corrected chi connectivity index (χ1v) is 6.57. The maximum Gasteiger partial charge on any atom is 0.273 e. The lowest BCUT2D eigenvalue weighted by molar-refractivity contribution is -0.385. The molecule has 7 nitrogen and oxygen atoms in total. The Morgan fingerprint density at radius 3 is 2.81 bits per heavy atom. The topological polar surface area (TPSA) is 92.7 Å². The molecule has 0 aliphatic carbocycles. The molecule has 0 bridgehead atoms. The van der Waals surface area contributed by atoms with E-state index in [2.05, 4.69) is 4.90 Å². The average molecular weight is 296 g/mol. The smallest absolute Gasteiger partial charge is 0.273 e. The molecule has 1 atom stereocenters. The van der Waals surface area contributed by atoms with Crippen LogP contribution in [0.1, 0.15) is 10.4 Å². The van der Waals surface area contributed by atoms with Crippen molar-refractivity contribution >= 4 is 11.6 Å². The first-order valence-electron chi connectivity index (χ1n) is 6.57. The van der Waals surface area contributed by atoms with Crippen LogP contribution in [0, 0.1) is 15.9 Å². The molecule has 8 heteroatoms. The number of halogens is 1. The molecule has 1 unspecified atom stereocenters. The molecule has 21 heavy (non-hydrogen) atoms. The Morgan fingerprint density at radius 1 is 1.48 bits per heavy atom. The van der Waals surface area contributed by atoms with Crippen LogP contribution < -0.4 is 5.73 Å². The number of piperazine rings is 1. The second kappa shape index (κ2) is 6.15. The second-order valence-corrected chi connectivity index (χ2v) is 5.11. The molecule has 1 aliphatic rings. The largest absolute Gasteiger partial charge is 0.332 e. The molecule has 1 aromatic rings. The van der Waals surface area contributed by atoms with E-state index in [9.17, 15) is 19.3 Å². The van der Waals surface area contributed by atoms with E-state index in [1.54, 1.807) is 4.90 Å².